The van der Waals surface area contributed by atoms with Crippen LogP contribution in [-0.4, -0.2) is 28.7 Å². The van der Waals surface area contributed by atoms with E-state index in [1.807, 2.05) is 0 Å². The molecule has 1 atom stereocenters. The van der Waals surface area contributed by atoms with Gasteiger partial charge in [0, 0.05) is 5.57 Å². The molecule has 0 bridgehead atoms. The maximum Gasteiger partial charge on any atom is 0.358 e. The number of carbonyl (C=O) groups excluding carboxylic acids is 1. The molecule has 2 aliphatic heterocycles. The summed E-state index contributed by atoms with van der Waals surface area (Å²) in [4.78, 5) is 25.6. The molecule has 2 heterocycles. The molecule has 2 rings (SSSR count). The third-order valence-corrected chi connectivity index (χ3v) is 1.86. The molecule has 0 amide bonds. The summed E-state index contributed by atoms with van der Waals surface area (Å²) >= 11 is 0. The number of carbonyl (C=O) groups is 2. The Morgan fingerprint density at radius 2 is 2.38 bits per heavy atom. The van der Waals surface area contributed by atoms with Crippen molar-refractivity contribution in [1.82, 2.24) is 5.32 Å². The van der Waals surface area contributed by atoms with Crippen LogP contribution < -0.4 is 5.32 Å². The van der Waals surface area contributed by atoms with Crippen molar-refractivity contribution < 1.29 is 14.7 Å². The van der Waals surface area contributed by atoms with Gasteiger partial charge in [0.15, 0.2) is 5.71 Å². The second-order valence-electron chi connectivity index (χ2n) is 2.66. The lowest BCUT2D eigenvalue weighted by atomic mass is 10.1. The number of nitrogens with one attached hydrogen (secondary N) is 1. The number of carboxylic acids is 1. The molecule has 0 spiro atoms. The molecular weight excluding hydrogens is 172 g/mol. The Balaban J connectivity index is 2.40. The van der Waals surface area contributed by atoms with Gasteiger partial charge < -0.3 is 10.4 Å². The molecule has 1 unspecified atom stereocenters. The Hall–Kier alpha value is -1.91. The summed E-state index contributed by atoms with van der Waals surface area (Å²) in [7, 11) is 0. The predicted molar refractivity (Wildman–Crippen MR) is 44.2 cm³/mol. The van der Waals surface area contributed by atoms with Crippen LogP contribution >= 0.6 is 0 Å². The van der Waals surface area contributed by atoms with Crippen LogP contribution in [0.1, 0.15) is 0 Å². The number of nitrogens with zero attached hydrogens (tertiary/aromatic N) is 1. The first-order valence-electron chi connectivity index (χ1n) is 3.69. The lowest BCUT2D eigenvalue weighted by Gasteiger charge is -2.10. The zero-order valence-corrected chi connectivity index (χ0v) is 6.52. The molecule has 0 fully saturated rings. The number of fused-ring (bicyclic) bond motifs is 1. The summed E-state index contributed by atoms with van der Waals surface area (Å²) in [6, 6.07) is 0. The largest absolute Gasteiger partial charge is 0.476 e. The molecule has 5 heteroatoms. The molecule has 0 saturated carbocycles. The SMILES string of the molecule is O=C(O)C1=NC2NC=CC=C2C1=O. The molecule has 5 nitrogen and oxygen atoms in total. The zero-order valence-electron chi connectivity index (χ0n) is 6.52. The Labute approximate surface area is 73.5 Å². The van der Waals surface area contributed by atoms with Gasteiger partial charge >= 0.3 is 5.97 Å². The monoisotopic (exact) mass is 178 g/mol. The Bertz CT molecular complexity index is 379. The molecular formula is C8H6N2O3. The maximum absolute atomic E-state index is 11.3. The number of aliphatic imine (C=N–C) groups is 1. The van der Waals surface area contributed by atoms with Crippen LogP contribution in [0, 0.1) is 0 Å². The quantitative estimate of drug-likeness (QED) is 0.565. The van der Waals surface area contributed by atoms with Gasteiger partial charge in [-0.2, -0.15) is 0 Å². The summed E-state index contributed by atoms with van der Waals surface area (Å²) in [5.74, 6) is -1.78. The number of Topliss-reactive ketones (excluding diaryl/α,β-unsaturated/α-hetero) is 1. The average molecular weight is 178 g/mol. The predicted octanol–water partition coefficient (Wildman–Crippen LogP) is -0.536. The van der Waals surface area contributed by atoms with Crippen molar-refractivity contribution in [2.24, 2.45) is 4.99 Å². The number of rotatable bonds is 1. The van der Waals surface area contributed by atoms with Crippen molar-refractivity contribution in [3.8, 4) is 0 Å². The fourth-order valence-electron chi connectivity index (χ4n) is 1.26. The number of aliphatic carboxylic acids is 1. The molecule has 0 aromatic carbocycles. The smallest absolute Gasteiger partial charge is 0.358 e. The third kappa shape index (κ3) is 1.05. The van der Waals surface area contributed by atoms with Crippen molar-refractivity contribution in [3.05, 3.63) is 23.9 Å². The third-order valence-electron chi connectivity index (χ3n) is 1.86. The van der Waals surface area contributed by atoms with Gasteiger partial charge in [-0.25, -0.2) is 9.79 Å². The lowest BCUT2D eigenvalue weighted by Crippen LogP contribution is -2.26. The van der Waals surface area contributed by atoms with E-state index in [1.165, 1.54) is 0 Å². The summed E-state index contributed by atoms with van der Waals surface area (Å²) in [6.45, 7) is 0. The van der Waals surface area contributed by atoms with E-state index in [1.54, 1.807) is 18.4 Å². The van der Waals surface area contributed by atoms with Crippen molar-refractivity contribution in [2.45, 2.75) is 6.17 Å². The highest BCUT2D eigenvalue weighted by Crippen LogP contribution is 2.17. The molecule has 0 aliphatic carbocycles. The second-order valence-corrected chi connectivity index (χ2v) is 2.66. The lowest BCUT2D eigenvalue weighted by molar-refractivity contribution is -0.130. The molecule has 2 N–H and O–H groups in total. The van der Waals surface area contributed by atoms with E-state index in [0.29, 0.717) is 5.57 Å². The fourth-order valence-corrected chi connectivity index (χ4v) is 1.26. The minimum atomic E-state index is -1.28. The first-order chi connectivity index (χ1) is 6.20. The number of hydrogen-bond donors (Lipinski definition) is 2. The van der Waals surface area contributed by atoms with E-state index in [2.05, 4.69) is 10.3 Å². The first kappa shape index (κ1) is 7.72. The van der Waals surface area contributed by atoms with Crippen molar-refractivity contribution in [1.29, 1.82) is 0 Å². The zero-order chi connectivity index (χ0) is 9.42. The number of hydrogen-bond acceptors (Lipinski definition) is 4. The molecule has 0 aromatic heterocycles. The van der Waals surface area contributed by atoms with E-state index < -0.39 is 23.6 Å². The minimum absolute atomic E-state index is 0.389. The highest BCUT2D eigenvalue weighted by Gasteiger charge is 2.35. The Morgan fingerprint density at radius 1 is 1.62 bits per heavy atom. The summed E-state index contributed by atoms with van der Waals surface area (Å²) in [5, 5.41) is 11.4. The van der Waals surface area contributed by atoms with E-state index >= 15 is 0 Å². The highest BCUT2D eigenvalue weighted by atomic mass is 16.4. The summed E-state index contributed by atoms with van der Waals surface area (Å²) in [6.07, 6.45) is 4.33. The number of carboxylic acid groups (broad SMARTS) is 1. The fraction of sp³-hybridized carbons (Fsp3) is 0.125. The molecule has 66 valence electrons. The van der Waals surface area contributed by atoms with E-state index in [9.17, 15) is 9.59 Å². The number of ketones is 1. The van der Waals surface area contributed by atoms with Crippen molar-refractivity contribution in [2.75, 3.05) is 0 Å². The summed E-state index contributed by atoms with van der Waals surface area (Å²) < 4.78 is 0. The van der Waals surface area contributed by atoms with Crippen LogP contribution in [0.4, 0.5) is 0 Å². The van der Waals surface area contributed by atoms with Gasteiger partial charge in [-0.3, -0.25) is 4.79 Å². The molecule has 0 aromatic rings. The minimum Gasteiger partial charge on any atom is -0.476 e. The van der Waals surface area contributed by atoms with Crippen LogP contribution in [0.15, 0.2) is 28.9 Å². The Morgan fingerprint density at radius 3 is 3.00 bits per heavy atom. The van der Waals surface area contributed by atoms with Gasteiger partial charge in [-0.15, -0.1) is 0 Å². The number of dihydropyridines is 1. The van der Waals surface area contributed by atoms with Gasteiger partial charge in [0.2, 0.25) is 5.78 Å². The second kappa shape index (κ2) is 2.55. The molecule has 0 saturated heterocycles. The van der Waals surface area contributed by atoms with Gasteiger partial charge in [0.05, 0.1) is 0 Å². The van der Waals surface area contributed by atoms with Crippen LogP contribution in [0.5, 0.6) is 0 Å². The van der Waals surface area contributed by atoms with Gasteiger partial charge in [0.1, 0.15) is 6.17 Å². The molecule has 2 aliphatic rings. The molecule has 0 radical (unpaired) electrons. The summed E-state index contributed by atoms with van der Waals surface area (Å²) in [5.41, 5.74) is -0.00708. The van der Waals surface area contributed by atoms with E-state index in [-0.39, 0.29) is 0 Å². The van der Waals surface area contributed by atoms with E-state index in [4.69, 9.17) is 5.11 Å². The van der Waals surface area contributed by atoms with Gasteiger partial charge in [0.25, 0.3) is 0 Å². The topological polar surface area (TPSA) is 78.8 Å². The average Bonchev–Trinajstić information content (AvgIpc) is 2.45. The van der Waals surface area contributed by atoms with Gasteiger partial charge in [-0.05, 0) is 18.4 Å². The number of allylic oxidation sites excluding steroid dienone is 2. The normalized spacial score (nSPS) is 24.6. The van der Waals surface area contributed by atoms with E-state index in [0.717, 1.165) is 0 Å². The van der Waals surface area contributed by atoms with Crippen molar-refractivity contribution >= 4 is 17.5 Å². The van der Waals surface area contributed by atoms with Crippen LogP contribution in [0.3, 0.4) is 0 Å². The Kier molecular flexibility index (Phi) is 1.51. The van der Waals surface area contributed by atoms with Crippen LogP contribution in [0.2, 0.25) is 0 Å². The highest BCUT2D eigenvalue weighted by molar-refractivity contribution is 6.68. The maximum atomic E-state index is 11.3. The first-order valence-corrected chi connectivity index (χ1v) is 3.69. The van der Waals surface area contributed by atoms with Crippen LogP contribution in [0.25, 0.3) is 0 Å². The van der Waals surface area contributed by atoms with Crippen LogP contribution in [-0.2, 0) is 9.59 Å². The van der Waals surface area contributed by atoms with Gasteiger partial charge in [-0.1, -0.05) is 0 Å². The molecule has 13 heavy (non-hydrogen) atoms. The standard InChI is InChI=1S/C8H6N2O3/c11-6-4-2-1-3-9-7(4)10-5(6)8(12)13/h1-3,7,9H,(H,12,13). The van der Waals surface area contributed by atoms with Crippen molar-refractivity contribution in [3.63, 3.8) is 0 Å².